The fourth-order valence-corrected chi connectivity index (χ4v) is 2.55. The molecule has 20 heavy (non-hydrogen) atoms. The first kappa shape index (κ1) is 14.8. The van der Waals surface area contributed by atoms with Gasteiger partial charge in [0, 0.05) is 26.2 Å². The van der Waals surface area contributed by atoms with Crippen molar-refractivity contribution in [2.24, 2.45) is 0 Å². The van der Waals surface area contributed by atoms with Crippen molar-refractivity contribution in [3.8, 4) is 0 Å². The smallest absolute Gasteiger partial charge is 0.324 e. The van der Waals surface area contributed by atoms with E-state index >= 15 is 0 Å². The predicted molar refractivity (Wildman–Crippen MR) is 73.0 cm³/mol. The first-order valence-corrected chi connectivity index (χ1v) is 7.24. The molecule has 2 aliphatic heterocycles. The van der Waals surface area contributed by atoms with Gasteiger partial charge < -0.3 is 15.5 Å². The summed E-state index contributed by atoms with van der Waals surface area (Å²) in [4.78, 5) is 38.9. The Bertz CT molecular complexity index is 391. The van der Waals surface area contributed by atoms with Crippen LogP contribution in [0.5, 0.6) is 0 Å². The summed E-state index contributed by atoms with van der Waals surface area (Å²) in [5, 5.41) is 5.83. The van der Waals surface area contributed by atoms with Crippen molar-refractivity contribution in [3.05, 3.63) is 0 Å². The first-order chi connectivity index (χ1) is 9.63. The molecule has 0 aromatic heterocycles. The average Bonchev–Trinajstić information content (AvgIpc) is 2.67. The fourth-order valence-electron chi connectivity index (χ4n) is 2.55. The van der Waals surface area contributed by atoms with Crippen LogP contribution in [0.4, 0.5) is 4.79 Å². The molecule has 0 bridgehead atoms. The lowest BCUT2D eigenvalue weighted by Crippen LogP contribution is -2.40. The van der Waals surface area contributed by atoms with Crippen LogP contribution in [0.3, 0.4) is 0 Å². The molecular weight excluding hydrogens is 260 g/mol. The molecule has 1 atom stereocenters. The molecule has 7 heteroatoms. The number of nitrogens with zero attached hydrogens (tertiary/aromatic N) is 2. The van der Waals surface area contributed by atoms with Gasteiger partial charge in [-0.05, 0) is 19.4 Å². The van der Waals surface area contributed by atoms with Gasteiger partial charge in [-0.2, -0.15) is 0 Å². The SMILES string of the molecule is CCCN1C(=O)N[C@H](CC(=O)N2CCCNCC2)C1=O. The van der Waals surface area contributed by atoms with E-state index in [0.717, 1.165) is 25.9 Å². The van der Waals surface area contributed by atoms with Crippen LogP contribution in [0.1, 0.15) is 26.2 Å². The molecule has 2 aliphatic rings. The number of rotatable bonds is 4. The van der Waals surface area contributed by atoms with E-state index in [0.29, 0.717) is 19.6 Å². The van der Waals surface area contributed by atoms with Crippen LogP contribution in [0.2, 0.25) is 0 Å². The summed E-state index contributed by atoms with van der Waals surface area (Å²) in [6.45, 7) is 5.36. The minimum Gasteiger partial charge on any atom is -0.341 e. The van der Waals surface area contributed by atoms with Gasteiger partial charge in [-0.1, -0.05) is 6.92 Å². The second kappa shape index (κ2) is 6.69. The lowest BCUT2D eigenvalue weighted by molar-refractivity contribution is -0.135. The molecule has 0 unspecified atom stereocenters. The summed E-state index contributed by atoms with van der Waals surface area (Å²) >= 11 is 0. The zero-order chi connectivity index (χ0) is 14.5. The maximum atomic E-state index is 12.2. The van der Waals surface area contributed by atoms with E-state index < -0.39 is 6.04 Å². The van der Waals surface area contributed by atoms with Crippen LogP contribution in [-0.2, 0) is 9.59 Å². The highest BCUT2D eigenvalue weighted by Crippen LogP contribution is 2.12. The van der Waals surface area contributed by atoms with Gasteiger partial charge in [0.05, 0.1) is 6.42 Å². The van der Waals surface area contributed by atoms with E-state index in [1.165, 1.54) is 4.90 Å². The fraction of sp³-hybridized carbons (Fsp3) is 0.769. The highest BCUT2D eigenvalue weighted by molar-refractivity contribution is 6.05. The molecule has 2 saturated heterocycles. The van der Waals surface area contributed by atoms with Crippen LogP contribution >= 0.6 is 0 Å². The van der Waals surface area contributed by atoms with Crippen molar-refractivity contribution in [1.29, 1.82) is 0 Å². The number of hydrogen-bond acceptors (Lipinski definition) is 4. The standard InChI is InChI=1S/C13H22N4O3/c1-2-6-17-12(19)10(15-13(17)20)9-11(18)16-7-3-4-14-5-8-16/h10,14H,2-9H2,1H3,(H,15,20)/t10-/m1/s1. The van der Waals surface area contributed by atoms with E-state index in [-0.39, 0.29) is 24.3 Å². The van der Waals surface area contributed by atoms with Crippen molar-refractivity contribution < 1.29 is 14.4 Å². The Morgan fingerprint density at radius 3 is 2.85 bits per heavy atom. The number of hydrogen-bond donors (Lipinski definition) is 2. The third kappa shape index (κ3) is 3.27. The van der Waals surface area contributed by atoms with Crippen molar-refractivity contribution in [2.75, 3.05) is 32.7 Å². The lowest BCUT2D eigenvalue weighted by atomic mass is 10.2. The zero-order valence-electron chi connectivity index (χ0n) is 11.9. The number of carbonyl (C=O) groups is 3. The monoisotopic (exact) mass is 282 g/mol. The summed E-state index contributed by atoms with van der Waals surface area (Å²) in [6, 6.07) is -1.08. The molecule has 0 aromatic rings. The van der Waals surface area contributed by atoms with Crippen LogP contribution in [-0.4, -0.2) is 66.4 Å². The van der Waals surface area contributed by atoms with E-state index in [1.54, 1.807) is 4.90 Å². The molecule has 4 amide bonds. The molecule has 112 valence electrons. The largest absolute Gasteiger partial charge is 0.341 e. The third-order valence-electron chi connectivity index (χ3n) is 3.63. The molecule has 2 N–H and O–H groups in total. The minimum absolute atomic E-state index is 0.0603. The maximum absolute atomic E-state index is 12.2. The topological polar surface area (TPSA) is 81.8 Å². The Labute approximate surface area is 118 Å². The van der Waals surface area contributed by atoms with Crippen molar-refractivity contribution in [3.63, 3.8) is 0 Å². The number of urea groups is 1. The highest BCUT2D eigenvalue weighted by atomic mass is 16.2. The molecular formula is C13H22N4O3. The molecule has 2 rings (SSSR count). The molecule has 2 heterocycles. The van der Waals surface area contributed by atoms with Gasteiger partial charge in [0.15, 0.2) is 0 Å². The van der Waals surface area contributed by atoms with Crippen LogP contribution in [0.25, 0.3) is 0 Å². The van der Waals surface area contributed by atoms with Gasteiger partial charge >= 0.3 is 6.03 Å². The third-order valence-corrected chi connectivity index (χ3v) is 3.63. The van der Waals surface area contributed by atoms with Crippen molar-refractivity contribution in [1.82, 2.24) is 20.4 Å². The van der Waals surface area contributed by atoms with Gasteiger partial charge in [0.25, 0.3) is 5.91 Å². The predicted octanol–water partition coefficient (Wildman–Crippen LogP) is -0.471. The second-order valence-corrected chi connectivity index (χ2v) is 5.18. The Hall–Kier alpha value is -1.63. The number of carbonyl (C=O) groups excluding carboxylic acids is 3. The Kier molecular flexibility index (Phi) is 4.94. The summed E-state index contributed by atoms with van der Waals surface area (Å²) in [7, 11) is 0. The summed E-state index contributed by atoms with van der Waals surface area (Å²) < 4.78 is 0. The van der Waals surface area contributed by atoms with Gasteiger partial charge in [0.2, 0.25) is 5.91 Å². The van der Waals surface area contributed by atoms with Crippen LogP contribution < -0.4 is 10.6 Å². The Morgan fingerprint density at radius 1 is 1.30 bits per heavy atom. The minimum atomic E-state index is -0.697. The summed E-state index contributed by atoms with van der Waals surface area (Å²) in [5.74, 6) is -0.344. The molecule has 0 aromatic carbocycles. The van der Waals surface area contributed by atoms with E-state index in [2.05, 4.69) is 10.6 Å². The Balaban J connectivity index is 1.91. The second-order valence-electron chi connectivity index (χ2n) is 5.18. The van der Waals surface area contributed by atoms with E-state index in [1.807, 2.05) is 6.92 Å². The first-order valence-electron chi connectivity index (χ1n) is 7.24. The quantitative estimate of drug-likeness (QED) is 0.683. The molecule has 0 spiro atoms. The van der Waals surface area contributed by atoms with E-state index in [4.69, 9.17) is 0 Å². The zero-order valence-corrected chi connectivity index (χ0v) is 11.9. The molecule has 7 nitrogen and oxygen atoms in total. The molecule has 2 fully saturated rings. The van der Waals surface area contributed by atoms with Gasteiger partial charge in [-0.15, -0.1) is 0 Å². The number of nitrogens with one attached hydrogen (secondary N) is 2. The number of amides is 4. The normalized spacial score (nSPS) is 23.8. The molecule has 0 saturated carbocycles. The maximum Gasteiger partial charge on any atom is 0.324 e. The highest BCUT2D eigenvalue weighted by Gasteiger charge is 2.39. The lowest BCUT2D eigenvalue weighted by Gasteiger charge is -2.21. The molecule has 0 radical (unpaired) electrons. The van der Waals surface area contributed by atoms with Gasteiger partial charge in [-0.3, -0.25) is 14.5 Å². The Morgan fingerprint density at radius 2 is 2.10 bits per heavy atom. The van der Waals surface area contributed by atoms with Crippen LogP contribution in [0.15, 0.2) is 0 Å². The summed E-state index contributed by atoms with van der Waals surface area (Å²) in [6.07, 6.45) is 1.70. The average molecular weight is 282 g/mol. The van der Waals surface area contributed by atoms with Crippen molar-refractivity contribution >= 4 is 17.8 Å². The van der Waals surface area contributed by atoms with Gasteiger partial charge in [-0.25, -0.2) is 4.79 Å². The molecule has 0 aliphatic carbocycles. The van der Waals surface area contributed by atoms with E-state index in [9.17, 15) is 14.4 Å². The van der Waals surface area contributed by atoms with Gasteiger partial charge in [0.1, 0.15) is 6.04 Å². The van der Waals surface area contributed by atoms with Crippen LogP contribution in [0, 0.1) is 0 Å². The summed E-state index contributed by atoms with van der Waals surface area (Å²) in [5.41, 5.74) is 0. The van der Waals surface area contributed by atoms with Crippen molar-refractivity contribution in [2.45, 2.75) is 32.2 Å². The number of imide groups is 1.